The minimum Gasteiger partial charge on any atom is -0.508 e. The van der Waals surface area contributed by atoms with Crippen molar-refractivity contribution in [2.75, 3.05) is 19.6 Å². The van der Waals surface area contributed by atoms with Gasteiger partial charge < -0.3 is 70.2 Å². The van der Waals surface area contributed by atoms with Gasteiger partial charge in [0.15, 0.2) is 0 Å². The molecular formula is C47H70N12O13. The van der Waals surface area contributed by atoms with E-state index in [2.05, 4.69) is 47.9 Å². The average molecular weight is 1010 g/mol. The summed E-state index contributed by atoms with van der Waals surface area (Å²) in [5, 5.41) is 32.9. The summed E-state index contributed by atoms with van der Waals surface area (Å²) in [5.41, 5.74) is 16.6. The molecule has 12 amide bonds. The summed E-state index contributed by atoms with van der Waals surface area (Å²) in [4.78, 5) is 158. The zero-order valence-electron chi connectivity index (χ0n) is 40.7. The number of rotatable bonds is 19. The van der Waals surface area contributed by atoms with Crippen molar-refractivity contribution in [1.82, 2.24) is 47.9 Å². The van der Waals surface area contributed by atoms with E-state index < -0.39 is 152 Å². The molecule has 2 aliphatic carbocycles. The molecule has 1 heterocycles. The van der Waals surface area contributed by atoms with E-state index in [4.69, 9.17) is 17.2 Å². The van der Waals surface area contributed by atoms with Crippen LogP contribution in [0.4, 0.5) is 0 Å². The van der Waals surface area contributed by atoms with Crippen LogP contribution in [0.15, 0.2) is 24.3 Å². The second-order valence-corrected chi connectivity index (χ2v) is 18.8. The Bertz CT molecular complexity index is 2170. The molecular weight excluding hydrogens is 941 g/mol. The second kappa shape index (κ2) is 27.9. The van der Waals surface area contributed by atoms with Gasteiger partial charge in [-0.25, -0.2) is 0 Å². The number of hydrogen-bond acceptors (Lipinski definition) is 13. The fourth-order valence-electron chi connectivity index (χ4n) is 8.61. The van der Waals surface area contributed by atoms with E-state index in [1.165, 1.54) is 24.3 Å². The molecule has 4 rings (SSSR count). The summed E-state index contributed by atoms with van der Waals surface area (Å²) in [7, 11) is 0. The van der Waals surface area contributed by atoms with E-state index in [1.54, 1.807) is 13.8 Å². The molecule has 1 aromatic rings. The Balaban J connectivity index is 1.54. The summed E-state index contributed by atoms with van der Waals surface area (Å²) in [6, 6.07) is -2.64. The van der Waals surface area contributed by atoms with Crippen molar-refractivity contribution in [1.29, 1.82) is 0 Å². The number of phenolic OH excluding ortho intramolecular Hbond substituents is 1. The molecule has 1 aromatic carbocycles. The molecule has 1 unspecified atom stereocenters. The van der Waals surface area contributed by atoms with Crippen LogP contribution in [0.1, 0.15) is 103 Å². The first-order valence-corrected chi connectivity index (χ1v) is 24.4. The Kier molecular flexibility index (Phi) is 22.2. The highest BCUT2D eigenvalue weighted by Crippen LogP contribution is 2.41. The SMILES string of the molecule is CC[C@H](C)[C@@H]1NC(=O)[C@H](Cc2ccc(O)cc2)NC(=O)CCC(=O)NC[C@@H](C(=O)NCCC2C[C@@H]2C(=O)N[C@H](C(=O)NCC(N)=O)C2CCCCC2)NC(=O)[C@H](CC(N)=O)NC(=O)[C@H](CCC(N)=O)NC1=O. The smallest absolute Gasteiger partial charge is 0.244 e. The van der Waals surface area contributed by atoms with Gasteiger partial charge in [0.1, 0.15) is 42.0 Å². The van der Waals surface area contributed by atoms with Crippen LogP contribution < -0.4 is 65.1 Å². The zero-order chi connectivity index (χ0) is 53.1. The van der Waals surface area contributed by atoms with Crippen molar-refractivity contribution < 1.29 is 62.6 Å². The lowest BCUT2D eigenvalue weighted by molar-refractivity contribution is -0.136. The maximum atomic E-state index is 14.0. The lowest BCUT2D eigenvalue weighted by atomic mass is 9.83. The maximum Gasteiger partial charge on any atom is 0.244 e. The van der Waals surface area contributed by atoms with E-state index in [1.807, 2.05) is 0 Å². The molecule has 396 valence electrons. The van der Waals surface area contributed by atoms with Crippen LogP contribution in [0, 0.1) is 23.7 Å². The molecule has 9 atom stereocenters. The number of primary amides is 3. The molecule has 1 saturated heterocycles. The third-order valence-electron chi connectivity index (χ3n) is 13.1. The lowest BCUT2D eigenvalue weighted by Crippen LogP contribution is -2.61. The number of amides is 12. The molecule has 0 radical (unpaired) electrons. The Hall–Kier alpha value is -7.34. The van der Waals surface area contributed by atoms with Gasteiger partial charge in [0.2, 0.25) is 70.9 Å². The van der Waals surface area contributed by atoms with Crippen molar-refractivity contribution in [3.05, 3.63) is 29.8 Å². The highest BCUT2D eigenvalue weighted by molar-refractivity contribution is 5.98. The maximum absolute atomic E-state index is 14.0. The molecule has 0 bridgehead atoms. The van der Waals surface area contributed by atoms with Gasteiger partial charge in [0.25, 0.3) is 0 Å². The summed E-state index contributed by atoms with van der Waals surface area (Å²) < 4.78 is 0. The number of nitrogens with one attached hydrogen (secondary N) is 9. The largest absolute Gasteiger partial charge is 0.508 e. The summed E-state index contributed by atoms with van der Waals surface area (Å²) in [6.45, 7) is 2.42. The Morgan fingerprint density at radius 1 is 0.708 bits per heavy atom. The summed E-state index contributed by atoms with van der Waals surface area (Å²) in [5.74, 6) is -11.2. The predicted molar refractivity (Wildman–Crippen MR) is 255 cm³/mol. The van der Waals surface area contributed by atoms with Crippen LogP contribution in [0.5, 0.6) is 5.75 Å². The van der Waals surface area contributed by atoms with Crippen molar-refractivity contribution in [3.63, 3.8) is 0 Å². The van der Waals surface area contributed by atoms with Crippen molar-refractivity contribution >= 4 is 70.9 Å². The van der Waals surface area contributed by atoms with Crippen LogP contribution in [0.2, 0.25) is 0 Å². The number of aromatic hydroxyl groups is 1. The number of carbonyl (C=O) groups excluding carboxylic acids is 12. The fourth-order valence-corrected chi connectivity index (χ4v) is 8.61. The van der Waals surface area contributed by atoms with Crippen LogP contribution >= 0.6 is 0 Å². The molecule has 1 aliphatic heterocycles. The molecule has 72 heavy (non-hydrogen) atoms. The Morgan fingerprint density at radius 2 is 1.35 bits per heavy atom. The molecule has 25 heteroatoms. The number of benzene rings is 1. The first kappa shape index (κ1) is 57.2. The normalized spacial score (nSPS) is 24.7. The van der Waals surface area contributed by atoms with Gasteiger partial charge >= 0.3 is 0 Å². The quantitative estimate of drug-likeness (QED) is 0.0635. The fraction of sp³-hybridized carbons (Fsp3) is 0.617. The highest BCUT2D eigenvalue weighted by atomic mass is 16.3. The van der Waals surface area contributed by atoms with E-state index in [9.17, 15) is 62.6 Å². The van der Waals surface area contributed by atoms with Crippen molar-refractivity contribution in [2.24, 2.45) is 40.9 Å². The average Bonchev–Trinajstić information content (AvgIpc) is 4.12. The lowest BCUT2D eigenvalue weighted by Gasteiger charge is -2.30. The summed E-state index contributed by atoms with van der Waals surface area (Å²) >= 11 is 0. The zero-order valence-corrected chi connectivity index (χ0v) is 40.7. The topological polar surface area (TPSA) is 411 Å². The van der Waals surface area contributed by atoms with Crippen LogP contribution in [-0.4, -0.2) is 132 Å². The molecule has 0 aromatic heterocycles. The minimum absolute atomic E-state index is 0.0157. The number of hydrogen-bond donors (Lipinski definition) is 13. The number of phenols is 1. The van der Waals surface area contributed by atoms with E-state index in [-0.39, 0.29) is 49.4 Å². The standard InChI is InChI=1S/C47H70N12O13/c1-3-24(2)39-47(72)55-30(13-14-34(48)61)43(68)56-32(21-35(49)62)44(69)57-33(22-52-37(64)15-16-38(65)54-31(45(70)58-39)19-25-9-11-28(60)12-10-25)42(67)51-18-17-27-20-29(27)41(66)59-40(26-7-5-4-6-8-26)46(71)53-23-36(50)63/h9-12,24,26-27,29-33,39-40,60H,3-8,13-23H2,1-2H3,(H2,48,61)(H2,49,62)(H2,50,63)(H,51,67)(H,52,64)(H,53,71)(H,54,65)(H,55,72)(H,56,68)(H,57,69)(H,58,70)(H,59,66)/t24-,27?,29-,30-,31-,32-,33-,39-,40-/m0/s1. The molecule has 2 saturated carbocycles. The Labute approximate surface area is 416 Å². The van der Waals surface area contributed by atoms with E-state index >= 15 is 0 Å². The molecule has 3 aliphatic rings. The first-order valence-electron chi connectivity index (χ1n) is 24.4. The highest BCUT2D eigenvalue weighted by Gasteiger charge is 2.44. The van der Waals surface area contributed by atoms with Gasteiger partial charge in [-0.3, -0.25) is 57.5 Å². The molecule has 16 N–H and O–H groups in total. The van der Waals surface area contributed by atoms with Gasteiger partial charge in [-0.2, -0.15) is 0 Å². The molecule has 3 fully saturated rings. The number of carbonyl (C=O) groups is 12. The third kappa shape index (κ3) is 18.8. The van der Waals surface area contributed by atoms with Gasteiger partial charge in [0, 0.05) is 44.7 Å². The second-order valence-electron chi connectivity index (χ2n) is 18.8. The van der Waals surface area contributed by atoms with Gasteiger partial charge in [0.05, 0.1) is 13.0 Å². The molecule has 25 nitrogen and oxygen atoms in total. The molecule has 0 spiro atoms. The van der Waals surface area contributed by atoms with Crippen LogP contribution in [-0.2, 0) is 64.0 Å². The summed E-state index contributed by atoms with van der Waals surface area (Å²) in [6.07, 6.45) is 2.62. The van der Waals surface area contributed by atoms with Crippen LogP contribution in [0.3, 0.4) is 0 Å². The van der Waals surface area contributed by atoms with Gasteiger partial charge in [-0.15, -0.1) is 0 Å². The third-order valence-corrected chi connectivity index (χ3v) is 13.1. The van der Waals surface area contributed by atoms with E-state index in [0.717, 1.165) is 32.1 Å². The van der Waals surface area contributed by atoms with Crippen LogP contribution in [0.25, 0.3) is 0 Å². The predicted octanol–water partition coefficient (Wildman–Crippen LogP) is -3.74. The van der Waals surface area contributed by atoms with Gasteiger partial charge in [-0.1, -0.05) is 51.7 Å². The van der Waals surface area contributed by atoms with Crippen molar-refractivity contribution in [3.8, 4) is 5.75 Å². The monoisotopic (exact) mass is 1010 g/mol. The first-order chi connectivity index (χ1) is 34.1. The van der Waals surface area contributed by atoms with E-state index in [0.29, 0.717) is 18.4 Å². The minimum atomic E-state index is -1.77. The van der Waals surface area contributed by atoms with Gasteiger partial charge in [-0.05, 0) is 67.6 Å². The number of nitrogens with two attached hydrogens (primary N) is 3. The Morgan fingerprint density at radius 3 is 1.99 bits per heavy atom. The van der Waals surface area contributed by atoms with Crippen molar-refractivity contribution in [2.45, 2.75) is 140 Å².